The summed E-state index contributed by atoms with van der Waals surface area (Å²) in [5.41, 5.74) is 0.352. The maximum absolute atomic E-state index is 9.60. The van der Waals surface area contributed by atoms with Crippen molar-refractivity contribution in [2.75, 3.05) is 19.8 Å². The van der Waals surface area contributed by atoms with Gasteiger partial charge < -0.3 is 25.5 Å². The van der Waals surface area contributed by atoms with Crippen molar-refractivity contribution >= 4 is 11.9 Å². The third-order valence-electron chi connectivity index (χ3n) is 1.78. The summed E-state index contributed by atoms with van der Waals surface area (Å²) in [6.45, 7) is 9.15. The van der Waals surface area contributed by atoms with Gasteiger partial charge in [-0.1, -0.05) is 13.2 Å². The predicted octanol–water partition coefficient (Wildman–Crippen LogP) is 0.264. The second-order valence-electron chi connectivity index (χ2n) is 3.91. The Morgan fingerprint density at radius 3 is 1.20 bits per heavy atom. The zero-order chi connectivity index (χ0) is 16.7. The smallest absolute Gasteiger partial charge is 0.330 e. The quantitative estimate of drug-likeness (QED) is 0.443. The highest BCUT2D eigenvalue weighted by Crippen LogP contribution is 1.97. The summed E-state index contributed by atoms with van der Waals surface area (Å²) in [5, 5.41) is 40.8. The normalized spacial score (nSPS) is 8.70. The van der Waals surface area contributed by atoms with Crippen molar-refractivity contribution in [3.63, 3.8) is 0 Å². The highest BCUT2D eigenvalue weighted by atomic mass is 16.4. The molecule has 7 nitrogen and oxygen atoms in total. The zero-order valence-corrected chi connectivity index (χ0v) is 11.9. The van der Waals surface area contributed by atoms with Crippen LogP contribution in [0.2, 0.25) is 0 Å². The van der Waals surface area contributed by atoms with Crippen LogP contribution in [0, 0.1) is 5.92 Å². The highest BCUT2D eigenvalue weighted by Gasteiger charge is 2.02. The number of carboxylic acid groups (broad SMARTS) is 2. The largest absolute Gasteiger partial charge is 0.478 e. The van der Waals surface area contributed by atoms with Crippen molar-refractivity contribution in [3.05, 3.63) is 24.3 Å². The molecule has 0 spiro atoms. The molecule has 0 heterocycles. The second kappa shape index (κ2) is 15.4. The number of carboxylic acids is 2. The molecule has 0 aromatic heterocycles. The summed E-state index contributed by atoms with van der Waals surface area (Å²) < 4.78 is 0. The van der Waals surface area contributed by atoms with E-state index in [0.717, 1.165) is 0 Å². The van der Waals surface area contributed by atoms with Crippen LogP contribution in [0.3, 0.4) is 0 Å². The minimum absolute atomic E-state index is 0.0335. The zero-order valence-electron chi connectivity index (χ0n) is 11.9. The molecular weight excluding hydrogens is 268 g/mol. The molecule has 118 valence electrons. The average molecular weight is 292 g/mol. The van der Waals surface area contributed by atoms with Crippen LogP contribution in [0.5, 0.6) is 0 Å². The van der Waals surface area contributed by atoms with E-state index in [1.165, 1.54) is 13.8 Å². The summed E-state index contributed by atoms with van der Waals surface area (Å²) in [6.07, 6.45) is 0.479. The molecule has 0 radical (unpaired) electrons. The van der Waals surface area contributed by atoms with Gasteiger partial charge in [0.25, 0.3) is 0 Å². The fourth-order valence-corrected chi connectivity index (χ4v) is 0.423. The van der Waals surface area contributed by atoms with Gasteiger partial charge in [-0.25, -0.2) is 9.59 Å². The number of carbonyl (C=O) groups is 2. The molecule has 0 amide bonds. The Hall–Kier alpha value is -1.70. The van der Waals surface area contributed by atoms with Gasteiger partial charge in [-0.2, -0.15) is 0 Å². The summed E-state index contributed by atoms with van der Waals surface area (Å²) in [6, 6.07) is 0. The van der Waals surface area contributed by atoms with Gasteiger partial charge in [-0.05, 0) is 20.3 Å². The first-order chi connectivity index (χ1) is 9.13. The van der Waals surface area contributed by atoms with E-state index in [1.807, 2.05) is 0 Å². The number of rotatable bonds is 6. The topological polar surface area (TPSA) is 135 Å². The van der Waals surface area contributed by atoms with Gasteiger partial charge in [0.05, 0.1) is 0 Å². The first-order valence-electron chi connectivity index (χ1n) is 5.74. The molecule has 0 saturated heterocycles. The number of hydrogen-bond acceptors (Lipinski definition) is 5. The van der Waals surface area contributed by atoms with Crippen LogP contribution in [0.15, 0.2) is 24.3 Å². The molecule has 0 saturated carbocycles. The predicted molar refractivity (Wildman–Crippen MR) is 74.3 cm³/mol. The fraction of sp³-hybridized carbons (Fsp3) is 0.538. The summed E-state index contributed by atoms with van der Waals surface area (Å²) in [4.78, 5) is 19.2. The lowest BCUT2D eigenvalue weighted by Crippen LogP contribution is -2.12. The Balaban J connectivity index is -0.000000221. The van der Waals surface area contributed by atoms with Crippen molar-refractivity contribution in [3.8, 4) is 0 Å². The Labute approximate surface area is 118 Å². The molecule has 7 heteroatoms. The number of aliphatic carboxylic acids is 2. The average Bonchev–Trinajstić information content (AvgIpc) is 2.37. The van der Waals surface area contributed by atoms with Gasteiger partial charge >= 0.3 is 11.9 Å². The minimum Gasteiger partial charge on any atom is -0.478 e. The van der Waals surface area contributed by atoms with Crippen LogP contribution in [0.4, 0.5) is 0 Å². The molecule has 0 fully saturated rings. The van der Waals surface area contributed by atoms with Crippen molar-refractivity contribution in [1.82, 2.24) is 0 Å². The van der Waals surface area contributed by atoms with Crippen molar-refractivity contribution in [2.45, 2.75) is 20.3 Å². The minimum atomic E-state index is -0.935. The lowest BCUT2D eigenvalue weighted by atomic mass is 10.1. The van der Waals surface area contributed by atoms with E-state index in [1.54, 1.807) is 0 Å². The molecule has 0 rings (SSSR count). The Morgan fingerprint density at radius 2 is 1.15 bits per heavy atom. The molecule has 0 aliphatic rings. The standard InChI is InChI=1S/C5H12O3.2C4H6O2/c6-2-1-5(3-7)4-8;2*1-3(2)4(5)6/h5-8H,1-4H2;2*1H2,2H3,(H,5,6). The van der Waals surface area contributed by atoms with Crippen LogP contribution in [0.25, 0.3) is 0 Å². The van der Waals surface area contributed by atoms with Gasteiger partial charge in [0.1, 0.15) is 0 Å². The second-order valence-corrected chi connectivity index (χ2v) is 3.91. The number of aliphatic hydroxyl groups is 3. The van der Waals surface area contributed by atoms with Gasteiger partial charge in [0, 0.05) is 36.9 Å². The van der Waals surface area contributed by atoms with E-state index in [9.17, 15) is 9.59 Å². The van der Waals surface area contributed by atoms with E-state index in [0.29, 0.717) is 6.42 Å². The SMILES string of the molecule is C=C(C)C(=O)O.C=C(C)C(=O)O.OCCC(CO)CO. The van der Waals surface area contributed by atoms with Crippen LogP contribution in [-0.2, 0) is 9.59 Å². The Bertz CT molecular complexity index is 258. The number of aliphatic hydroxyl groups excluding tert-OH is 3. The van der Waals surface area contributed by atoms with E-state index in [2.05, 4.69) is 13.2 Å². The summed E-state index contributed by atoms with van der Waals surface area (Å²) in [7, 11) is 0. The lowest BCUT2D eigenvalue weighted by Gasteiger charge is -2.06. The molecule has 0 unspecified atom stereocenters. The molecule has 20 heavy (non-hydrogen) atoms. The summed E-state index contributed by atoms with van der Waals surface area (Å²) in [5.74, 6) is -2.01. The highest BCUT2D eigenvalue weighted by molar-refractivity contribution is 5.85. The van der Waals surface area contributed by atoms with E-state index < -0.39 is 11.9 Å². The molecule has 0 aliphatic heterocycles. The van der Waals surface area contributed by atoms with Gasteiger partial charge in [-0.15, -0.1) is 0 Å². The first-order valence-corrected chi connectivity index (χ1v) is 5.74. The third-order valence-corrected chi connectivity index (χ3v) is 1.78. The number of hydrogen-bond donors (Lipinski definition) is 5. The molecule has 0 bridgehead atoms. The van der Waals surface area contributed by atoms with E-state index >= 15 is 0 Å². The monoisotopic (exact) mass is 292 g/mol. The van der Waals surface area contributed by atoms with Gasteiger partial charge in [-0.3, -0.25) is 0 Å². The molecule has 5 N–H and O–H groups in total. The Kier molecular flexibility index (Phi) is 18.0. The fourth-order valence-electron chi connectivity index (χ4n) is 0.423. The van der Waals surface area contributed by atoms with Gasteiger partial charge in [0.2, 0.25) is 0 Å². The van der Waals surface area contributed by atoms with E-state index in [4.69, 9.17) is 25.5 Å². The molecular formula is C13H24O7. The molecule has 0 aliphatic carbocycles. The van der Waals surface area contributed by atoms with Crippen LogP contribution in [-0.4, -0.2) is 57.3 Å². The maximum Gasteiger partial charge on any atom is 0.330 e. The molecule has 0 aromatic carbocycles. The van der Waals surface area contributed by atoms with Gasteiger partial charge in [0.15, 0.2) is 0 Å². The van der Waals surface area contributed by atoms with Crippen LogP contribution >= 0.6 is 0 Å². The van der Waals surface area contributed by atoms with Crippen molar-refractivity contribution < 1.29 is 35.1 Å². The third kappa shape index (κ3) is 21.6. The molecule has 0 atom stereocenters. The summed E-state index contributed by atoms with van der Waals surface area (Å²) >= 11 is 0. The maximum atomic E-state index is 9.60. The lowest BCUT2D eigenvalue weighted by molar-refractivity contribution is -0.133. The van der Waals surface area contributed by atoms with Crippen LogP contribution in [0.1, 0.15) is 20.3 Å². The van der Waals surface area contributed by atoms with Crippen LogP contribution < -0.4 is 0 Å². The molecule has 0 aromatic rings. The first kappa shape index (κ1) is 23.4. The van der Waals surface area contributed by atoms with Crippen molar-refractivity contribution in [2.24, 2.45) is 5.92 Å². The van der Waals surface area contributed by atoms with Crippen molar-refractivity contribution in [1.29, 1.82) is 0 Å². The Morgan fingerprint density at radius 1 is 0.900 bits per heavy atom. The van der Waals surface area contributed by atoms with E-state index in [-0.39, 0.29) is 36.9 Å².